The summed E-state index contributed by atoms with van der Waals surface area (Å²) in [4.78, 5) is 1.21. The summed E-state index contributed by atoms with van der Waals surface area (Å²) in [6, 6.07) is 16.2. The zero-order valence-electron chi connectivity index (χ0n) is 10.3. The van der Waals surface area contributed by atoms with Crippen molar-refractivity contribution in [2.75, 3.05) is 6.26 Å². The number of fused-ring (bicyclic) bond motifs is 1. The van der Waals surface area contributed by atoms with Crippen molar-refractivity contribution < 1.29 is 0 Å². The van der Waals surface area contributed by atoms with Crippen molar-refractivity contribution in [3.05, 3.63) is 53.7 Å². The van der Waals surface area contributed by atoms with Crippen molar-refractivity contribution in [2.45, 2.75) is 4.90 Å². The van der Waals surface area contributed by atoms with Gasteiger partial charge in [0.05, 0.1) is 0 Å². The molecule has 0 amide bonds. The van der Waals surface area contributed by atoms with Crippen molar-refractivity contribution in [3.63, 3.8) is 0 Å². The molecule has 0 aliphatic carbocycles. The molecule has 1 aromatic heterocycles. The van der Waals surface area contributed by atoms with Gasteiger partial charge in [-0.25, -0.2) is 0 Å². The van der Waals surface area contributed by atoms with E-state index in [0.29, 0.717) is 5.15 Å². The Labute approximate surface area is 120 Å². The molecule has 19 heavy (non-hydrogen) atoms. The second-order valence-electron chi connectivity index (χ2n) is 4.12. The van der Waals surface area contributed by atoms with Crippen LogP contribution in [0.25, 0.3) is 22.0 Å². The first-order chi connectivity index (χ1) is 9.29. The maximum absolute atomic E-state index is 6.10. The van der Waals surface area contributed by atoms with Gasteiger partial charge in [0.15, 0.2) is 5.15 Å². The number of hydrogen-bond acceptors (Lipinski definition) is 3. The minimum absolute atomic E-state index is 0.445. The van der Waals surface area contributed by atoms with Crippen LogP contribution >= 0.6 is 23.4 Å². The van der Waals surface area contributed by atoms with Crippen molar-refractivity contribution in [1.82, 2.24) is 10.2 Å². The molecule has 3 aromatic rings. The summed E-state index contributed by atoms with van der Waals surface area (Å²) >= 11 is 7.81. The fourth-order valence-electron chi connectivity index (χ4n) is 2.05. The molecule has 0 saturated heterocycles. The number of rotatable bonds is 2. The summed E-state index contributed by atoms with van der Waals surface area (Å²) in [5, 5.41) is 10.7. The third-order valence-electron chi connectivity index (χ3n) is 2.99. The van der Waals surface area contributed by atoms with Crippen LogP contribution in [0.2, 0.25) is 5.15 Å². The monoisotopic (exact) mass is 286 g/mol. The van der Waals surface area contributed by atoms with Gasteiger partial charge in [-0.2, -0.15) is 0 Å². The number of hydrogen-bond donors (Lipinski definition) is 0. The Kier molecular flexibility index (Phi) is 3.40. The van der Waals surface area contributed by atoms with Gasteiger partial charge >= 0.3 is 0 Å². The van der Waals surface area contributed by atoms with Crippen LogP contribution < -0.4 is 0 Å². The van der Waals surface area contributed by atoms with E-state index in [1.807, 2.05) is 36.4 Å². The molecule has 0 aliphatic heterocycles. The Hall–Kier alpha value is -1.58. The Morgan fingerprint density at radius 1 is 0.947 bits per heavy atom. The summed E-state index contributed by atoms with van der Waals surface area (Å²) in [5.74, 6) is 0. The second-order valence-corrected chi connectivity index (χ2v) is 5.35. The average Bonchev–Trinajstić information content (AvgIpc) is 2.48. The standard InChI is InChI=1S/C15H11ClN2S/c1-19-11-6-4-5-10(9-11)14-12-7-2-3-8-13(12)15(16)18-17-14/h2-9H,1H3. The quantitative estimate of drug-likeness (QED) is 0.640. The van der Waals surface area contributed by atoms with E-state index in [0.717, 1.165) is 22.0 Å². The molecule has 0 saturated carbocycles. The molecule has 0 atom stereocenters. The van der Waals surface area contributed by atoms with E-state index in [9.17, 15) is 0 Å². The molecule has 94 valence electrons. The Balaban J connectivity index is 2.28. The number of benzene rings is 2. The molecule has 4 heteroatoms. The van der Waals surface area contributed by atoms with Crippen LogP contribution in [0.4, 0.5) is 0 Å². The average molecular weight is 287 g/mol. The normalized spacial score (nSPS) is 10.8. The van der Waals surface area contributed by atoms with Gasteiger partial charge in [0.25, 0.3) is 0 Å². The van der Waals surface area contributed by atoms with E-state index in [2.05, 4.69) is 28.6 Å². The van der Waals surface area contributed by atoms with E-state index in [1.54, 1.807) is 11.8 Å². The van der Waals surface area contributed by atoms with Crippen LogP contribution in [0.3, 0.4) is 0 Å². The van der Waals surface area contributed by atoms with E-state index >= 15 is 0 Å². The summed E-state index contributed by atoms with van der Waals surface area (Å²) in [6.45, 7) is 0. The van der Waals surface area contributed by atoms with Gasteiger partial charge in [0.2, 0.25) is 0 Å². The lowest BCUT2D eigenvalue weighted by molar-refractivity contribution is 1.06. The maximum Gasteiger partial charge on any atom is 0.159 e. The highest BCUT2D eigenvalue weighted by atomic mass is 35.5. The van der Waals surface area contributed by atoms with Crippen LogP contribution in [-0.4, -0.2) is 16.5 Å². The van der Waals surface area contributed by atoms with Gasteiger partial charge in [-0.1, -0.05) is 48.0 Å². The van der Waals surface area contributed by atoms with Gasteiger partial charge in [0, 0.05) is 21.2 Å². The first-order valence-corrected chi connectivity index (χ1v) is 7.45. The highest BCUT2D eigenvalue weighted by Gasteiger charge is 2.09. The summed E-state index contributed by atoms with van der Waals surface area (Å²) in [7, 11) is 0. The highest BCUT2D eigenvalue weighted by molar-refractivity contribution is 7.98. The fourth-order valence-corrected chi connectivity index (χ4v) is 2.72. The maximum atomic E-state index is 6.10. The van der Waals surface area contributed by atoms with Gasteiger partial charge < -0.3 is 0 Å². The molecular formula is C15H11ClN2S. The molecule has 0 radical (unpaired) electrons. The second kappa shape index (κ2) is 5.19. The largest absolute Gasteiger partial charge is 0.159 e. The smallest absolute Gasteiger partial charge is 0.148 e. The Bertz CT molecular complexity index is 743. The zero-order valence-corrected chi connectivity index (χ0v) is 11.9. The number of aromatic nitrogens is 2. The lowest BCUT2D eigenvalue weighted by Gasteiger charge is -2.07. The molecule has 0 bridgehead atoms. The van der Waals surface area contributed by atoms with Crippen molar-refractivity contribution >= 4 is 34.1 Å². The highest BCUT2D eigenvalue weighted by Crippen LogP contribution is 2.30. The summed E-state index contributed by atoms with van der Waals surface area (Å²) < 4.78 is 0. The van der Waals surface area contributed by atoms with Crippen LogP contribution in [0.5, 0.6) is 0 Å². The molecule has 0 unspecified atom stereocenters. The molecule has 0 N–H and O–H groups in total. The van der Waals surface area contributed by atoms with Crippen LogP contribution in [0, 0.1) is 0 Å². The van der Waals surface area contributed by atoms with Crippen LogP contribution in [-0.2, 0) is 0 Å². The van der Waals surface area contributed by atoms with E-state index in [1.165, 1.54) is 4.90 Å². The molecule has 2 nitrogen and oxygen atoms in total. The molecule has 0 spiro atoms. The van der Waals surface area contributed by atoms with E-state index in [-0.39, 0.29) is 0 Å². The van der Waals surface area contributed by atoms with Crippen LogP contribution in [0.15, 0.2) is 53.4 Å². The summed E-state index contributed by atoms with van der Waals surface area (Å²) in [5.41, 5.74) is 1.93. The Morgan fingerprint density at radius 3 is 2.53 bits per heavy atom. The summed E-state index contributed by atoms with van der Waals surface area (Å²) in [6.07, 6.45) is 2.06. The molecule has 0 aliphatic rings. The lowest BCUT2D eigenvalue weighted by atomic mass is 10.1. The van der Waals surface area contributed by atoms with Gasteiger partial charge in [-0.15, -0.1) is 22.0 Å². The SMILES string of the molecule is CSc1cccc(-c2nnc(Cl)c3ccccc23)c1. The van der Waals surface area contributed by atoms with Gasteiger partial charge in [0.1, 0.15) is 5.69 Å². The molecule has 1 heterocycles. The molecule has 0 fully saturated rings. The van der Waals surface area contributed by atoms with Crippen molar-refractivity contribution in [3.8, 4) is 11.3 Å². The van der Waals surface area contributed by atoms with Crippen molar-refractivity contribution in [2.24, 2.45) is 0 Å². The number of thioether (sulfide) groups is 1. The number of nitrogens with zero attached hydrogens (tertiary/aromatic N) is 2. The predicted octanol–water partition coefficient (Wildman–Crippen LogP) is 4.67. The third kappa shape index (κ3) is 2.31. The predicted molar refractivity (Wildman–Crippen MR) is 81.8 cm³/mol. The van der Waals surface area contributed by atoms with Gasteiger partial charge in [-0.05, 0) is 18.4 Å². The van der Waals surface area contributed by atoms with Crippen LogP contribution in [0.1, 0.15) is 0 Å². The van der Waals surface area contributed by atoms with Gasteiger partial charge in [-0.3, -0.25) is 0 Å². The minimum atomic E-state index is 0.445. The van der Waals surface area contributed by atoms with Crippen molar-refractivity contribution in [1.29, 1.82) is 0 Å². The minimum Gasteiger partial charge on any atom is -0.148 e. The Morgan fingerprint density at radius 2 is 1.74 bits per heavy atom. The first-order valence-electron chi connectivity index (χ1n) is 5.85. The first kappa shape index (κ1) is 12.5. The zero-order chi connectivity index (χ0) is 13.2. The third-order valence-corrected chi connectivity index (χ3v) is 3.99. The van der Waals surface area contributed by atoms with E-state index < -0.39 is 0 Å². The molecule has 3 rings (SSSR count). The number of halogens is 1. The molecular weight excluding hydrogens is 276 g/mol. The fraction of sp³-hybridized carbons (Fsp3) is 0.0667. The topological polar surface area (TPSA) is 25.8 Å². The lowest BCUT2D eigenvalue weighted by Crippen LogP contribution is -1.91. The van der Waals surface area contributed by atoms with E-state index in [4.69, 9.17) is 11.6 Å². The molecule has 2 aromatic carbocycles.